The standard InChI is InChI=1S/C74H120N20O28/c1-32(2)20-41(83-60(108)40(12-11-19-80-74(78)79)81-63(111)44(24-37-13-15-38(98)16-14-37)82-59(107)39(75)17-18-55(101)102)62(110)88-48(28-57(105)106)67(115)89-47(27-56(103)104)66(114)86-45(25-53(76)99)64(112)84-42(21-33(3)4)61(109)85-43(22-34(5)6)68(116)94-58(36(9)10)72(120)93-52(31-97)71(119)92-51(30-96)70(118)91-50(29-95)69(117)87-46(26-54(77)100)65(113)90-49(73(121)122)23-35(7)8/h13-16,32-36,39-52,58,95-98H,11-12,17-31,75H2,1-10H3,(H2,76,99)(H2,77,100)(H,81,111)(H,82,107)(H,83,108)(H,84,112)(H,85,109)(H,86,114)(H,87,117)(H,88,110)(H,89,115)(H,90,113)(H,91,118)(H,92,119)(H,93,120)(H,94,116)(H,101,102)(H,103,104)(H,105,106)(H,121,122)(H4,78,79,80)/t39-,40-,41-,42-,43-,44-,45-,46-,47-,48-,49-,50-,51-,52-,58-/m0/s1. The number of nitrogens with two attached hydrogens (primary N) is 4. The third kappa shape index (κ3) is 41.5. The lowest BCUT2D eigenvalue weighted by Crippen LogP contribution is -2.62. The van der Waals surface area contributed by atoms with Crippen molar-refractivity contribution < 1.29 is 137 Å². The average Bonchev–Trinajstić information content (AvgIpc) is 0.834. The topological polar surface area (TPSA) is 812 Å². The van der Waals surface area contributed by atoms with Crippen LogP contribution in [0.2, 0.25) is 0 Å². The molecule has 0 saturated carbocycles. The second-order valence-electron chi connectivity index (χ2n) is 30.9. The van der Waals surface area contributed by atoms with E-state index in [4.69, 9.17) is 28.3 Å². The SMILES string of the molecule is CC(C)C[C@H](NC(=O)[C@H](CC(N)=O)NC(=O)[C@H](CO)NC(=O)[C@H](CO)NC(=O)[C@H](CO)NC(=O)[C@@H](NC(=O)[C@H](CC(C)C)NC(=O)[C@H](CC(C)C)NC(=O)[C@H](CC(N)=O)NC(=O)[C@H](CC(=O)O)NC(=O)[C@H](CC(=O)O)NC(=O)[C@H](CC(C)C)NC(=O)[C@H](CCCNC(=N)N)NC(=O)[C@H](Cc1ccc(O)cc1)NC(=O)[C@@H](N)CCC(=O)O)C(C)C)C(=O)O. The maximum Gasteiger partial charge on any atom is 0.326 e. The average molecular weight is 1740 g/mol. The summed E-state index contributed by atoms with van der Waals surface area (Å²) in [7, 11) is 0. The number of rotatable bonds is 58. The van der Waals surface area contributed by atoms with Crippen molar-refractivity contribution in [2.75, 3.05) is 26.4 Å². The van der Waals surface area contributed by atoms with Gasteiger partial charge in [0, 0.05) is 19.4 Å². The summed E-state index contributed by atoms with van der Waals surface area (Å²) in [6.07, 6.45) is -6.85. The number of amides is 16. The molecule has 0 fully saturated rings. The quantitative estimate of drug-likeness (QED) is 0.0164. The van der Waals surface area contributed by atoms with Crippen LogP contribution in [-0.4, -0.2) is 282 Å². The Labute approximate surface area is 701 Å². The maximum atomic E-state index is 14.4. The molecule has 0 aromatic heterocycles. The van der Waals surface area contributed by atoms with Crippen LogP contribution in [0.25, 0.3) is 0 Å². The number of aliphatic hydroxyl groups is 3. The highest BCUT2D eigenvalue weighted by Crippen LogP contribution is 2.17. The molecule has 32 N–H and O–H groups in total. The number of carbonyl (C=O) groups excluding carboxylic acids is 16. The van der Waals surface area contributed by atoms with Crippen molar-refractivity contribution >= 4 is 124 Å². The van der Waals surface area contributed by atoms with Crippen molar-refractivity contribution in [3.05, 3.63) is 29.8 Å². The highest BCUT2D eigenvalue weighted by molar-refractivity contribution is 6.02. The van der Waals surface area contributed by atoms with E-state index in [1.165, 1.54) is 38.1 Å². The molecule has 1 aromatic carbocycles. The van der Waals surface area contributed by atoms with Gasteiger partial charge in [0.2, 0.25) is 94.5 Å². The number of aliphatic carboxylic acids is 4. The molecule has 0 aliphatic carbocycles. The normalized spacial score (nSPS) is 14.9. The first-order valence-electron chi connectivity index (χ1n) is 39.0. The molecular formula is C74H120N20O28. The highest BCUT2D eigenvalue weighted by Gasteiger charge is 2.40. The number of hydrogen-bond acceptors (Lipinski definition) is 26. The lowest BCUT2D eigenvalue weighted by Gasteiger charge is -2.29. The molecule has 0 aliphatic heterocycles. The van der Waals surface area contributed by atoms with Crippen LogP contribution in [0.15, 0.2) is 24.3 Å². The van der Waals surface area contributed by atoms with E-state index in [9.17, 15) is 137 Å². The monoisotopic (exact) mass is 1740 g/mol. The fraction of sp³-hybridized carbons (Fsp3) is 0.635. The minimum absolute atomic E-state index is 0.0143. The molecule has 0 aliphatic rings. The summed E-state index contributed by atoms with van der Waals surface area (Å²) in [5.41, 5.74) is 22.5. The van der Waals surface area contributed by atoms with Gasteiger partial charge in [-0.2, -0.15) is 0 Å². The Bertz CT molecular complexity index is 3830. The Hall–Kier alpha value is -12.5. The van der Waals surface area contributed by atoms with Crippen molar-refractivity contribution in [2.45, 2.75) is 243 Å². The van der Waals surface area contributed by atoms with Gasteiger partial charge in [-0.3, -0.25) is 96.5 Å². The number of hydrogen-bond donors (Lipinski definition) is 28. The van der Waals surface area contributed by atoms with Gasteiger partial charge in [0.25, 0.3) is 0 Å². The smallest absolute Gasteiger partial charge is 0.326 e. The molecule has 0 saturated heterocycles. The number of phenols is 1. The van der Waals surface area contributed by atoms with Crippen molar-refractivity contribution in [2.24, 2.45) is 52.5 Å². The Morgan fingerprint density at radius 1 is 0.344 bits per heavy atom. The number of guanidine groups is 1. The van der Waals surface area contributed by atoms with Gasteiger partial charge in [0.05, 0.1) is 51.5 Å². The minimum Gasteiger partial charge on any atom is -0.508 e. The fourth-order valence-corrected chi connectivity index (χ4v) is 11.6. The zero-order valence-electron chi connectivity index (χ0n) is 69.4. The van der Waals surface area contributed by atoms with Crippen molar-refractivity contribution in [1.82, 2.24) is 79.8 Å². The first-order chi connectivity index (χ1) is 56.8. The van der Waals surface area contributed by atoms with E-state index < -0.39 is 291 Å². The number of phenolic OH excluding ortho intramolecular Hbond substituents is 1. The fourth-order valence-electron chi connectivity index (χ4n) is 11.6. The third-order valence-corrected chi connectivity index (χ3v) is 17.8. The van der Waals surface area contributed by atoms with Gasteiger partial charge in [-0.25, -0.2) is 4.79 Å². The molecule has 0 spiro atoms. The second kappa shape index (κ2) is 53.9. The number of aliphatic hydroxyl groups excluding tert-OH is 3. The van der Waals surface area contributed by atoms with E-state index in [0.29, 0.717) is 5.56 Å². The summed E-state index contributed by atoms with van der Waals surface area (Å²) in [5, 5.41) is 121. The van der Waals surface area contributed by atoms with Crippen molar-refractivity contribution in [3.8, 4) is 5.75 Å². The first-order valence-corrected chi connectivity index (χ1v) is 39.0. The van der Waals surface area contributed by atoms with Gasteiger partial charge in [-0.1, -0.05) is 81.4 Å². The summed E-state index contributed by atoms with van der Waals surface area (Å²) in [6.45, 7) is 12.1. The number of benzene rings is 1. The van der Waals surface area contributed by atoms with Crippen LogP contribution in [0.1, 0.15) is 152 Å². The second-order valence-corrected chi connectivity index (χ2v) is 30.9. The molecule has 48 heteroatoms. The molecule has 16 amide bonds. The van der Waals surface area contributed by atoms with Crippen LogP contribution in [-0.2, 0) is 102 Å². The molecule has 1 aromatic rings. The van der Waals surface area contributed by atoms with Crippen molar-refractivity contribution in [1.29, 1.82) is 5.41 Å². The third-order valence-electron chi connectivity index (χ3n) is 17.8. The summed E-state index contributed by atoms with van der Waals surface area (Å²) in [5.74, 6) is -29.2. The van der Waals surface area contributed by atoms with Crippen LogP contribution in [0, 0.1) is 35.0 Å². The molecular weight excluding hydrogens is 1620 g/mol. The largest absolute Gasteiger partial charge is 0.508 e. The number of primary amides is 2. The molecule has 0 heterocycles. The predicted octanol–water partition coefficient (Wildman–Crippen LogP) is -9.22. The zero-order valence-corrected chi connectivity index (χ0v) is 69.4. The summed E-state index contributed by atoms with van der Waals surface area (Å²) in [4.78, 5) is 267. The Morgan fingerprint density at radius 2 is 0.631 bits per heavy atom. The molecule has 15 atom stereocenters. The maximum absolute atomic E-state index is 14.4. The van der Waals surface area contributed by atoms with Gasteiger partial charge < -0.3 is 144 Å². The summed E-state index contributed by atoms with van der Waals surface area (Å²) < 4.78 is 0. The van der Waals surface area contributed by atoms with Crippen LogP contribution in [0.5, 0.6) is 5.75 Å². The van der Waals surface area contributed by atoms with Crippen LogP contribution >= 0.6 is 0 Å². The number of carboxylic acid groups (broad SMARTS) is 4. The van der Waals surface area contributed by atoms with Crippen molar-refractivity contribution in [3.63, 3.8) is 0 Å². The van der Waals surface area contributed by atoms with Crippen LogP contribution in [0.3, 0.4) is 0 Å². The number of aromatic hydroxyl groups is 1. The van der Waals surface area contributed by atoms with E-state index in [0.717, 1.165) is 0 Å². The minimum atomic E-state index is -2.30. The molecule has 1 rings (SSSR count). The van der Waals surface area contributed by atoms with Gasteiger partial charge in [0.15, 0.2) is 5.96 Å². The van der Waals surface area contributed by atoms with E-state index in [-0.39, 0.29) is 69.6 Å². The molecule has 684 valence electrons. The number of nitrogens with one attached hydrogen (secondary N) is 16. The van der Waals surface area contributed by atoms with E-state index in [2.05, 4.69) is 63.8 Å². The van der Waals surface area contributed by atoms with Gasteiger partial charge in [0.1, 0.15) is 90.3 Å². The van der Waals surface area contributed by atoms with Crippen LogP contribution in [0.4, 0.5) is 0 Å². The molecule has 122 heavy (non-hydrogen) atoms. The molecule has 0 bridgehead atoms. The van der Waals surface area contributed by atoms with Gasteiger partial charge >= 0.3 is 23.9 Å². The van der Waals surface area contributed by atoms with Gasteiger partial charge in [-0.15, -0.1) is 0 Å². The summed E-state index contributed by atoms with van der Waals surface area (Å²) >= 11 is 0. The van der Waals surface area contributed by atoms with E-state index in [1.807, 2.05) is 16.0 Å². The predicted molar refractivity (Wildman–Crippen MR) is 427 cm³/mol. The first kappa shape index (κ1) is 108. The van der Waals surface area contributed by atoms with Crippen LogP contribution < -0.4 is 103 Å². The Kier molecular flexibility index (Phi) is 47.5. The van der Waals surface area contributed by atoms with E-state index in [1.54, 1.807) is 55.4 Å². The number of carbonyl (C=O) groups is 20. The molecule has 0 unspecified atom stereocenters. The zero-order chi connectivity index (χ0) is 93.3. The number of carboxylic acids is 4. The lowest BCUT2D eigenvalue weighted by molar-refractivity contribution is -0.144. The Balaban J connectivity index is 3.60. The summed E-state index contributed by atoms with van der Waals surface area (Å²) in [6, 6.07) is -21.7. The molecule has 48 nitrogen and oxygen atoms in total. The highest BCUT2D eigenvalue weighted by atomic mass is 16.4. The van der Waals surface area contributed by atoms with E-state index >= 15 is 0 Å². The van der Waals surface area contributed by atoms with Gasteiger partial charge in [-0.05, 0) is 92.2 Å². The Morgan fingerprint density at radius 3 is 0.959 bits per heavy atom. The lowest BCUT2D eigenvalue weighted by atomic mass is 9.98. The molecule has 0 radical (unpaired) electrons.